The lowest BCUT2D eigenvalue weighted by molar-refractivity contribution is 0.0693. The first-order valence-electron chi connectivity index (χ1n) is 5.40. The largest absolute Gasteiger partial charge is 0.508 e. The summed E-state index contributed by atoms with van der Waals surface area (Å²) in [5.74, 6) is -0.0107. The molecule has 0 radical (unpaired) electrons. The van der Waals surface area contributed by atoms with Crippen LogP contribution in [0.2, 0.25) is 0 Å². The van der Waals surface area contributed by atoms with Crippen LogP contribution >= 0.6 is 11.8 Å². The zero-order chi connectivity index (χ0) is 13.0. The zero-order valence-corrected chi connectivity index (χ0v) is 10.4. The number of phenols is 1. The van der Waals surface area contributed by atoms with Crippen molar-refractivity contribution in [3.63, 3.8) is 0 Å². The van der Waals surface area contributed by atoms with Crippen molar-refractivity contribution in [1.29, 1.82) is 0 Å². The van der Waals surface area contributed by atoms with E-state index in [4.69, 9.17) is 5.11 Å². The summed E-state index contributed by atoms with van der Waals surface area (Å²) in [5.41, 5.74) is 1.36. The molecule has 0 aliphatic rings. The fourth-order valence-corrected chi connectivity index (χ4v) is 2.52. The summed E-state index contributed by atoms with van der Waals surface area (Å²) in [5, 5.41) is 18.2. The molecule has 0 saturated carbocycles. The van der Waals surface area contributed by atoms with Gasteiger partial charge in [0, 0.05) is 10.6 Å². The smallest absolute Gasteiger partial charge is 0.336 e. The first kappa shape index (κ1) is 12.5. The van der Waals surface area contributed by atoms with Crippen molar-refractivity contribution in [2.75, 3.05) is 0 Å². The molecule has 0 fully saturated rings. The highest BCUT2D eigenvalue weighted by atomic mass is 32.2. The highest BCUT2D eigenvalue weighted by Gasteiger charge is 2.09. The third-order valence-electron chi connectivity index (χ3n) is 2.45. The molecule has 92 valence electrons. The average Bonchev–Trinajstić information content (AvgIpc) is 2.38. The van der Waals surface area contributed by atoms with E-state index in [-0.39, 0.29) is 5.75 Å². The molecule has 0 saturated heterocycles. The SMILES string of the molecule is O=C(O)c1ccccc1SCc1ccc(O)cc1. The summed E-state index contributed by atoms with van der Waals surface area (Å²) in [7, 11) is 0. The summed E-state index contributed by atoms with van der Waals surface area (Å²) >= 11 is 1.47. The number of hydrogen-bond acceptors (Lipinski definition) is 3. The summed E-state index contributed by atoms with van der Waals surface area (Å²) < 4.78 is 0. The number of carbonyl (C=O) groups is 1. The van der Waals surface area contributed by atoms with Gasteiger partial charge in [-0.1, -0.05) is 24.3 Å². The molecule has 2 aromatic carbocycles. The van der Waals surface area contributed by atoms with Crippen molar-refractivity contribution >= 4 is 17.7 Å². The van der Waals surface area contributed by atoms with E-state index in [1.165, 1.54) is 11.8 Å². The van der Waals surface area contributed by atoms with Crippen LogP contribution in [0, 0.1) is 0 Å². The summed E-state index contributed by atoms with van der Waals surface area (Å²) in [6.45, 7) is 0. The number of aromatic hydroxyl groups is 1. The number of carboxylic acid groups (broad SMARTS) is 1. The van der Waals surface area contributed by atoms with E-state index in [1.807, 2.05) is 18.2 Å². The van der Waals surface area contributed by atoms with E-state index < -0.39 is 5.97 Å². The van der Waals surface area contributed by atoms with Crippen LogP contribution in [0.3, 0.4) is 0 Å². The fourth-order valence-electron chi connectivity index (χ4n) is 1.52. The van der Waals surface area contributed by atoms with Gasteiger partial charge < -0.3 is 10.2 Å². The number of phenolic OH excluding ortho intramolecular Hbond substituents is 1. The van der Waals surface area contributed by atoms with Crippen LogP contribution in [-0.4, -0.2) is 16.2 Å². The second kappa shape index (κ2) is 5.60. The maximum Gasteiger partial charge on any atom is 0.336 e. The predicted molar refractivity (Wildman–Crippen MR) is 71.1 cm³/mol. The van der Waals surface area contributed by atoms with E-state index in [1.54, 1.807) is 30.3 Å². The van der Waals surface area contributed by atoms with E-state index in [0.29, 0.717) is 11.3 Å². The van der Waals surface area contributed by atoms with Crippen LogP contribution in [0.4, 0.5) is 0 Å². The molecule has 0 bridgehead atoms. The minimum atomic E-state index is -0.913. The van der Waals surface area contributed by atoms with Gasteiger partial charge in [-0.05, 0) is 29.8 Å². The minimum absolute atomic E-state index is 0.231. The van der Waals surface area contributed by atoms with Crippen molar-refractivity contribution in [3.8, 4) is 5.75 Å². The van der Waals surface area contributed by atoms with Crippen LogP contribution in [-0.2, 0) is 5.75 Å². The lowest BCUT2D eigenvalue weighted by Gasteiger charge is -2.05. The Morgan fingerprint density at radius 1 is 1.06 bits per heavy atom. The number of aromatic carboxylic acids is 1. The second-order valence-corrected chi connectivity index (χ2v) is 4.77. The molecule has 3 nitrogen and oxygen atoms in total. The Morgan fingerprint density at radius 2 is 1.72 bits per heavy atom. The van der Waals surface area contributed by atoms with Crippen molar-refractivity contribution in [3.05, 3.63) is 59.7 Å². The van der Waals surface area contributed by atoms with Gasteiger partial charge in [0.25, 0.3) is 0 Å². The zero-order valence-electron chi connectivity index (χ0n) is 9.54. The molecule has 2 N–H and O–H groups in total. The quantitative estimate of drug-likeness (QED) is 0.827. The monoisotopic (exact) mass is 260 g/mol. The Hall–Kier alpha value is -1.94. The van der Waals surface area contributed by atoms with Crippen LogP contribution in [0.25, 0.3) is 0 Å². The Balaban J connectivity index is 2.10. The van der Waals surface area contributed by atoms with Crippen LogP contribution < -0.4 is 0 Å². The van der Waals surface area contributed by atoms with Gasteiger partial charge in [0.2, 0.25) is 0 Å². The molecular formula is C14H12O3S. The van der Waals surface area contributed by atoms with E-state index in [0.717, 1.165) is 10.5 Å². The molecule has 4 heteroatoms. The summed E-state index contributed by atoms with van der Waals surface area (Å²) in [6.07, 6.45) is 0. The molecule has 0 unspecified atom stereocenters. The van der Waals surface area contributed by atoms with Crippen molar-refractivity contribution < 1.29 is 15.0 Å². The molecule has 0 aromatic heterocycles. The predicted octanol–water partition coefficient (Wildman–Crippen LogP) is 3.38. The summed E-state index contributed by atoms with van der Waals surface area (Å²) in [4.78, 5) is 11.8. The number of rotatable bonds is 4. The fraction of sp³-hybridized carbons (Fsp3) is 0.0714. The topological polar surface area (TPSA) is 57.5 Å². The normalized spacial score (nSPS) is 10.2. The Bertz CT molecular complexity index is 549. The Kier molecular flexibility index (Phi) is 3.89. The molecule has 0 atom stereocenters. The van der Waals surface area contributed by atoms with Crippen LogP contribution in [0.15, 0.2) is 53.4 Å². The van der Waals surface area contributed by atoms with E-state index >= 15 is 0 Å². The molecule has 0 aliphatic heterocycles. The first-order chi connectivity index (χ1) is 8.66. The Labute approximate surface area is 109 Å². The second-order valence-electron chi connectivity index (χ2n) is 3.76. The molecule has 0 aliphatic carbocycles. The van der Waals surface area contributed by atoms with Crippen LogP contribution in [0.1, 0.15) is 15.9 Å². The molecule has 18 heavy (non-hydrogen) atoms. The maximum absolute atomic E-state index is 11.0. The average molecular weight is 260 g/mol. The summed E-state index contributed by atoms with van der Waals surface area (Å²) in [6, 6.07) is 13.8. The highest BCUT2D eigenvalue weighted by molar-refractivity contribution is 7.98. The van der Waals surface area contributed by atoms with Crippen molar-refractivity contribution in [2.45, 2.75) is 10.6 Å². The van der Waals surface area contributed by atoms with Gasteiger partial charge in [-0.25, -0.2) is 4.79 Å². The van der Waals surface area contributed by atoms with E-state index in [2.05, 4.69) is 0 Å². The lowest BCUT2D eigenvalue weighted by atomic mass is 10.2. The maximum atomic E-state index is 11.0. The molecule has 0 spiro atoms. The minimum Gasteiger partial charge on any atom is -0.508 e. The lowest BCUT2D eigenvalue weighted by Crippen LogP contribution is -1.98. The molecule has 0 amide bonds. The Morgan fingerprint density at radius 3 is 2.39 bits per heavy atom. The van der Waals surface area contributed by atoms with Gasteiger partial charge in [0.1, 0.15) is 5.75 Å². The van der Waals surface area contributed by atoms with Crippen molar-refractivity contribution in [1.82, 2.24) is 0 Å². The number of carboxylic acids is 1. The van der Waals surface area contributed by atoms with E-state index in [9.17, 15) is 9.90 Å². The third-order valence-corrected chi connectivity index (χ3v) is 3.59. The standard InChI is InChI=1S/C14H12O3S/c15-11-7-5-10(6-8-11)9-18-13-4-2-1-3-12(13)14(16)17/h1-8,15H,9H2,(H,16,17). The van der Waals surface area contributed by atoms with Crippen LogP contribution in [0.5, 0.6) is 5.75 Å². The van der Waals surface area contributed by atoms with Gasteiger partial charge in [-0.15, -0.1) is 11.8 Å². The van der Waals surface area contributed by atoms with Gasteiger partial charge in [-0.3, -0.25) is 0 Å². The number of hydrogen-bond donors (Lipinski definition) is 2. The van der Waals surface area contributed by atoms with Crippen molar-refractivity contribution in [2.24, 2.45) is 0 Å². The third kappa shape index (κ3) is 3.05. The molecule has 2 rings (SSSR count). The molecule has 0 heterocycles. The first-order valence-corrected chi connectivity index (χ1v) is 6.38. The number of thioether (sulfide) groups is 1. The highest BCUT2D eigenvalue weighted by Crippen LogP contribution is 2.26. The molecule has 2 aromatic rings. The van der Waals surface area contributed by atoms with Gasteiger partial charge >= 0.3 is 5.97 Å². The number of benzene rings is 2. The van der Waals surface area contributed by atoms with Gasteiger partial charge in [0.05, 0.1) is 5.56 Å². The molecular weight excluding hydrogens is 248 g/mol. The van der Waals surface area contributed by atoms with Gasteiger partial charge in [-0.2, -0.15) is 0 Å². The van der Waals surface area contributed by atoms with Gasteiger partial charge in [0.15, 0.2) is 0 Å².